The Morgan fingerprint density at radius 2 is 1.86 bits per heavy atom. The Balaban J connectivity index is 2.63. The highest BCUT2D eigenvalue weighted by Gasteiger charge is 2.22. The molecule has 1 heterocycles. The van der Waals surface area contributed by atoms with Crippen molar-refractivity contribution < 1.29 is 14.3 Å². The molecule has 0 atom stereocenters. The van der Waals surface area contributed by atoms with Crippen LogP contribution in [0.3, 0.4) is 0 Å². The van der Waals surface area contributed by atoms with Crippen molar-refractivity contribution in [3.05, 3.63) is 47.0 Å². The van der Waals surface area contributed by atoms with Gasteiger partial charge >= 0.3 is 0 Å². The summed E-state index contributed by atoms with van der Waals surface area (Å²) < 4.78 is 15.1. The van der Waals surface area contributed by atoms with Crippen LogP contribution in [0.1, 0.15) is 28.2 Å². The largest absolute Gasteiger partial charge is 0.396 e. The third-order valence-corrected chi connectivity index (χ3v) is 3.70. The van der Waals surface area contributed by atoms with E-state index in [9.17, 15) is 9.18 Å². The fourth-order valence-corrected chi connectivity index (χ4v) is 2.72. The van der Waals surface area contributed by atoms with Gasteiger partial charge < -0.3 is 15.4 Å². The highest BCUT2D eigenvalue weighted by atomic mass is 19.1. The average molecular weight is 290 g/mol. The molecule has 0 radical (unpaired) electrons. The van der Waals surface area contributed by atoms with E-state index in [-0.39, 0.29) is 12.4 Å². The zero-order chi connectivity index (χ0) is 15.6. The molecule has 0 unspecified atom stereocenters. The molecule has 0 aliphatic carbocycles. The Morgan fingerprint density at radius 3 is 2.38 bits per heavy atom. The minimum atomic E-state index is -0.502. The molecule has 4 nitrogen and oxygen atoms in total. The quantitative estimate of drug-likeness (QED) is 0.887. The summed E-state index contributed by atoms with van der Waals surface area (Å²) in [6.45, 7) is 4.41. The number of carbonyl (C=O) groups excluding carboxylic acids is 1. The number of hydrogen-bond donors (Lipinski definition) is 2. The van der Waals surface area contributed by atoms with Gasteiger partial charge in [-0.2, -0.15) is 0 Å². The number of rotatable bonds is 5. The van der Waals surface area contributed by atoms with Crippen molar-refractivity contribution in [2.45, 2.75) is 26.8 Å². The first-order valence-corrected chi connectivity index (χ1v) is 6.83. The summed E-state index contributed by atoms with van der Waals surface area (Å²) in [6, 6.07) is 6.00. The fourth-order valence-electron chi connectivity index (χ4n) is 2.72. The number of halogens is 1. The standard InChI is InChI=1S/C16H19FN2O2/c1-10-14(12-4-6-13(17)7-5-12)15(16(18)21)11(2)19(10)8-3-9-20/h4-7,20H,3,8-9H2,1-2H3,(H2,18,21). The van der Waals surface area contributed by atoms with Gasteiger partial charge in [-0.15, -0.1) is 0 Å². The van der Waals surface area contributed by atoms with Crippen molar-refractivity contribution >= 4 is 5.91 Å². The number of aromatic nitrogens is 1. The monoisotopic (exact) mass is 290 g/mol. The second-order valence-corrected chi connectivity index (χ2v) is 5.02. The molecule has 2 aromatic rings. The first-order valence-electron chi connectivity index (χ1n) is 6.83. The lowest BCUT2D eigenvalue weighted by Crippen LogP contribution is -2.13. The van der Waals surface area contributed by atoms with E-state index >= 15 is 0 Å². The number of nitrogens with zero attached hydrogens (tertiary/aromatic N) is 1. The van der Waals surface area contributed by atoms with Crippen LogP contribution in [0.25, 0.3) is 11.1 Å². The van der Waals surface area contributed by atoms with Crippen LogP contribution in [-0.4, -0.2) is 22.2 Å². The van der Waals surface area contributed by atoms with Gasteiger partial charge in [0.2, 0.25) is 0 Å². The summed E-state index contributed by atoms with van der Waals surface area (Å²) in [6.07, 6.45) is 0.595. The Labute approximate surface area is 123 Å². The number of benzene rings is 1. The Kier molecular flexibility index (Phi) is 4.43. The van der Waals surface area contributed by atoms with E-state index in [1.54, 1.807) is 12.1 Å². The van der Waals surface area contributed by atoms with Gasteiger partial charge in [-0.1, -0.05) is 12.1 Å². The smallest absolute Gasteiger partial charge is 0.251 e. The molecule has 1 aromatic heterocycles. The van der Waals surface area contributed by atoms with E-state index in [4.69, 9.17) is 10.8 Å². The highest BCUT2D eigenvalue weighted by molar-refractivity contribution is 6.02. The van der Waals surface area contributed by atoms with Crippen LogP contribution in [0.2, 0.25) is 0 Å². The highest BCUT2D eigenvalue weighted by Crippen LogP contribution is 2.32. The van der Waals surface area contributed by atoms with Crippen molar-refractivity contribution in [3.8, 4) is 11.1 Å². The van der Waals surface area contributed by atoms with E-state index in [2.05, 4.69) is 0 Å². The van der Waals surface area contributed by atoms with E-state index in [0.29, 0.717) is 18.5 Å². The normalized spacial score (nSPS) is 10.9. The molecule has 3 N–H and O–H groups in total. The van der Waals surface area contributed by atoms with Gasteiger partial charge in [-0.25, -0.2) is 4.39 Å². The minimum Gasteiger partial charge on any atom is -0.396 e. The first-order chi connectivity index (χ1) is 9.97. The van der Waals surface area contributed by atoms with Crippen molar-refractivity contribution in [3.63, 3.8) is 0 Å². The van der Waals surface area contributed by atoms with Crippen molar-refractivity contribution in [2.75, 3.05) is 6.61 Å². The van der Waals surface area contributed by atoms with Crippen LogP contribution >= 0.6 is 0 Å². The second-order valence-electron chi connectivity index (χ2n) is 5.02. The van der Waals surface area contributed by atoms with E-state index in [0.717, 1.165) is 22.5 Å². The molecule has 0 saturated heterocycles. The number of aliphatic hydroxyl groups is 1. The molecule has 1 amide bonds. The third kappa shape index (κ3) is 2.83. The number of aliphatic hydroxyl groups excluding tert-OH is 1. The molecule has 2 rings (SSSR count). The van der Waals surface area contributed by atoms with Crippen LogP contribution < -0.4 is 5.73 Å². The minimum absolute atomic E-state index is 0.0782. The van der Waals surface area contributed by atoms with Gasteiger partial charge in [0.15, 0.2) is 0 Å². The van der Waals surface area contributed by atoms with Crippen molar-refractivity contribution in [1.29, 1.82) is 0 Å². The maximum atomic E-state index is 13.1. The average Bonchev–Trinajstić information content (AvgIpc) is 2.69. The lowest BCUT2D eigenvalue weighted by Gasteiger charge is -2.08. The lowest BCUT2D eigenvalue weighted by atomic mass is 10.00. The summed E-state index contributed by atoms with van der Waals surface area (Å²) in [7, 11) is 0. The lowest BCUT2D eigenvalue weighted by molar-refractivity contribution is 0.1000. The molecule has 1 aromatic carbocycles. The molecule has 21 heavy (non-hydrogen) atoms. The summed E-state index contributed by atoms with van der Waals surface area (Å²) in [5, 5.41) is 9.00. The molecule has 0 aliphatic heterocycles. The Bertz CT molecular complexity index is 660. The zero-order valence-corrected chi connectivity index (χ0v) is 12.2. The number of carbonyl (C=O) groups is 1. The summed E-state index contributed by atoms with van der Waals surface area (Å²) in [4.78, 5) is 11.8. The molecule has 5 heteroatoms. The maximum absolute atomic E-state index is 13.1. The van der Waals surface area contributed by atoms with Gasteiger partial charge in [-0.05, 0) is 38.0 Å². The number of primary amides is 1. The fraction of sp³-hybridized carbons (Fsp3) is 0.312. The van der Waals surface area contributed by atoms with E-state index < -0.39 is 5.91 Å². The predicted molar refractivity (Wildman–Crippen MR) is 79.5 cm³/mol. The number of amides is 1. The topological polar surface area (TPSA) is 68.2 Å². The molecule has 0 fully saturated rings. The predicted octanol–water partition coefficient (Wildman–Crippen LogP) is 2.39. The van der Waals surface area contributed by atoms with E-state index in [1.807, 2.05) is 18.4 Å². The summed E-state index contributed by atoms with van der Waals surface area (Å²) in [5.41, 5.74) is 9.13. The van der Waals surface area contributed by atoms with Gasteiger partial charge in [0.1, 0.15) is 5.82 Å². The molecule has 0 aliphatic rings. The molecule has 0 bridgehead atoms. The Hall–Kier alpha value is -2.14. The molecule has 0 spiro atoms. The van der Waals surface area contributed by atoms with Gasteiger partial charge in [0.05, 0.1) is 5.56 Å². The van der Waals surface area contributed by atoms with Gasteiger partial charge in [0.25, 0.3) is 5.91 Å². The summed E-state index contributed by atoms with van der Waals surface area (Å²) >= 11 is 0. The summed E-state index contributed by atoms with van der Waals surface area (Å²) in [5.74, 6) is -0.828. The van der Waals surface area contributed by atoms with E-state index in [1.165, 1.54) is 12.1 Å². The molecule has 112 valence electrons. The first kappa shape index (κ1) is 15.3. The SMILES string of the molecule is Cc1c(C(N)=O)c(-c2ccc(F)cc2)c(C)n1CCCO. The van der Waals surface area contributed by atoms with Crippen molar-refractivity contribution in [1.82, 2.24) is 4.57 Å². The molecule has 0 saturated carbocycles. The van der Waals surface area contributed by atoms with Crippen molar-refractivity contribution in [2.24, 2.45) is 5.73 Å². The van der Waals surface area contributed by atoms with Crippen LogP contribution in [0, 0.1) is 19.7 Å². The third-order valence-electron chi connectivity index (χ3n) is 3.70. The Morgan fingerprint density at radius 1 is 1.24 bits per heavy atom. The number of hydrogen-bond acceptors (Lipinski definition) is 2. The van der Waals surface area contributed by atoms with Gasteiger partial charge in [-0.3, -0.25) is 4.79 Å². The molecular formula is C16H19FN2O2. The van der Waals surface area contributed by atoms with Gasteiger partial charge in [0, 0.05) is 30.1 Å². The van der Waals surface area contributed by atoms with Crippen LogP contribution in [-0.2, 0) is 6.54 Å². The van der Waals surface area contributed by atoms with Crippen LogP contribution in [0.4, 0.5) is 4.39 Å². The molecular weight excluding hydrogens is 271 g/mol. The van der Waals surface area contributed by atoms with Crippen LogP contribution in [0.15, 0.2) is 24.3 Å². The zero-order valence-electron chi connectivity index (χ0n) is 12.2. The maximum Gasteiger partial charge on any atom is 0.251 e. The van der Waals surface area contributed by atoms with Crippen LogP contribution in [0.5, 0.6) is 0 Å². The second kappa shape index (κ2) is 6.10. The number of nitrogens with two attached hydrogens (primary N) is 1.